The second kappa shape index (κ2) is 10.2. The number of halogens is 1. The number of anilines is 1. The van der Waals surface area contributed by atoms with Gasteiger partial charge in [0.25, 0.3) is 0 Å². The van der Waals surface area contributed by atoms with Gasteiger partial charge < -0.3 is 15.4 Å². The molecule has 0 spiro atoms. The van der Waals surface area contributed by atoms with Crippen LogP contribution in [0.1, 0.15) is 22.8 Å². The van der Waals surface area contributed by atoms with E-state index in [0.717, 1.165) is 11.1 Å². The molecule has 2 N–H and O–H groups in total. The number of carbonyl (C=O) groups is 2. The van der Waals surface area contributed by atoms with E-state index in [2.05, 4.69) is 10.6 Å². The van der Waals surface area contributed by atoms with Crippen molar-refractivity contribution in [2.24, 2.45) is 0 Å². The van der Waals surface area contributed by atoms with Crippen LogP contribution in [0.2, 0.25) is 5.02 Å². The summed E-state index contributed by atoms with van der Waals surface area (Å²) in [6, 6.07) is 17.1. The molecule has 0 saturated heterocycles. The number of hydrogen-bond donors (Lipinski definition) is 2. The average Bonchev–Trinajstić information content (AvgIpc) is 3.12. The van der Waals surface area contributed by atoms with Crippen molar-refractivity contribution in [1.82, 2.24) is 5.32 Å². The summed E-state index contributed by atoms with van der Waals surface area (Å²) in [6.07, 6.45) is 0. The molecule has 0 unspecified atom stereocenters. The van der Waals surface area contributed by atoms with Gasteiger partial charge in [0, 0.05) is 28.1 Å². The zero-order valence-electron chi connectivity index (χ0n) is 15.9. The summed E-state index contributed by atoms with van der Waals surface area (Å²) < 4.78 is 5.21. The minimum atomic E-state index is -0.490. The fourth-order valence-electron chi connectivity index (χ4n) is 2.82. The van der Waals surface area contributed by atoms with Crippen molar-refractivity contribution in [3.05, 3.63) is 76.1 Å². The van der Waals surface area contributed by atoms with Crippen LogP contribution in [0, 0.1) is 0 Å². The molecule has 1 aromatic heterocycles. The van der Waals surface area contributed by atoms with Gasteiger partial charge in [0.15, 0.2) is 0 Å². The lowest BCUT2D eigenvalue weighted by Gasteiger charge is -2.10. The fraction of sp³-hybridized carbons (Fsp3) is 0.182. The van der Waals surface area contributed by atoms with Crippen molar-refractivity contribution >= 4 is 39.8 Å². The summed E-state index contributed by atoms with van der Waals surface area (Å²) >= 11 is 7.58. The largest absolute Gasteiger partial charge is 0.462 e. The zero-order chi connectivity index (χ0) is 20.6. The van der Waals surface area contributed by atoms with Crippen molar-refractivity contribution in [2.75, 3.05) is 18.5 Å². The Labute approximate surface area is 178 Å². The Hall–Kier alpha value is -2.67. The molecule has 0 aliphatic rings. The SMILES string of the molecule is CCOC(=O)c1c(-c2ccccc2Cl)csc1NC(=O)CNCc1ccccc1. The Morgan fingerprint density at radius 1 is 1.03 bits per heavy atom. The number of nitrogens with one attached hydrogen (secondary N) is 2. The maximum Gasteiger partial charge on any atom is 0.341 e. The van der Waals surface area contributed by atoms with E-state index in [9.17, 15) is 9.59 Å². The van der Waals surface area contributed by atoms with Crippen LogP contribution in [0.25, 0.3) is 11.1 Å². The van der Waals surface area contributed by atoms with Crippen LogP contribution in [-0.4, -0.2) is 25.0 Å². The third kappa shape index (κ3) is 5.44. The molecule has 0 aliphatic heterocycles. The molecule has 5 nitrogen and oxygen atoms in total. The highest BCUT2D eigenvalue weighted by Gasteiger charge is 2.23. The predicted octanol–water partition coefficient (Wildman–Crippen LogP) is 4.97. The highest BCUT2D eigenvalue weighted by Crippen LogP contribution is 2.39. The number of benzene rings is 2. The molecule has 0 radical (unpaired) electrons. The number of amides is 1. The van der Waals surface area contributed by atoms with Gasteiger partial charge in [-0.3, -0.25) is 4.79 Å². The smallest absolute Gasteiger partial charge is 0.341 e. The minimum absolute atomic E-state index is 0.122. The second-order valence-electron chi connectivity index (χ2n) is 6.19. The first-order chi connectivity index (χ1) is 14.1. The minimum Gasteiger partial charge on any atom is -0.462 e. The number of ether oxygens (including phenoxy) is 1. The van der Waals surface area contributed by atoms with E-state index >= 15 is 0 Å². The molecule has 0 atom stereocenters. The van der Waals surface area contributed by atoms with Crippen LogP contribution >= 0.6 is 22.9 Å². The Balaban J connectivity index is 1.75. The first kappa shape index (κ1) is 21.0. The lowest BCUT2D eigenvalue weighted by atomic mass is 10.0. The lowest BCUT2D eigenvalue weighted by Crippen LogP contribution is -2.28. The number of hydrogen-bond acceptors (Lipinski definition) is 5. The third-order valence-electron chi connectivity index (χ3n) is 4.15. The predicted molar refractivity (Wildman–Crippen MR) is 117 cm³/mol. The molecule has 2 aromatic carbocycles. The Morgan fingerprint density at radius 3 is 2.48 bits per heavy atom. The van der Waals surface area contributed by atoms with Crippen molar-refractivity contribution < 1.29 is 14.3 Å². The van der Waals surface area contributed by atoms with E-state index in [-0.39, 0.29) is 19.1 Å². The van der Waals surface area contributed by atoms with Gasteiger partial charge in [0.1, 0.15) is 10.6 Å². The molecular formula is C22H21ClN2O3S. The number of thiophene rings is 1. The van der Waals surface area contributed by atoms with Crippen LogP contribution in [0.4, 0.5) is 5.00 Å². The van der Waals surface area contributed by atoms with Crippen molar-refractivity contribution in [3.63, 3.8) is 0 Å². The van der Waals surface area contributed by atoms with Crippen LogP contribution in [0.15, 0.2) is 60.0 Å². The molecule has 3 rings (SSSR count). The summed E-state index contributed by atoms with van der Waals surface area (Å²) in [7, 11) is 0. The summed E-state index contributed by atoms with van der Waals surface area (Å²) in [5.74, 6) is -0.727. The molecule has 3 aromatic rings. The highest BCUT2D eigenvalue weighted by molar-refractivity contribution is 7.15. The van der Waals surface area contributed by atoms with E-state index in [1.165, 1.54) is 11.3 Å². The third-order valence-corrected chi connectivity index (χ3v) is 5.37. The van der Waals surface area contributed by atoms with Gasteiger partial charge in [-0.25, -0.2) is 4.79 Å². The van der Waals surface area contributed by atoms with Crippen LogP contribution < -0.4 is 10.6 Å². The zero-order valence-corrected chi connectivity index (χ0v) is 17.5. The monoisotopic (exact) mass is 428 g/mol. The van der Waals surface area contributed by atoms with Gasteiger partial charge in [-0.15, -0.1) is 11.3 Å². The van der Waals surface area contributed by atoms with Gasteiger partial charge in [-0.1, -0.05) is 60.1 Å². The highest BCUT2D eigenvalue weighted by atomic mass is 35.5. The molecule has 0 saturated carbocycles. The maximum atomic E-state index is 12.6. The lowest BCUT2D eigenvalue weighted by molar-refractivity contribution is -0.115. The van der Waals surface area contributed by atoms with E-state index in [1.54, 1.807) is 18.4 Å². The summed E-state index contributed by atoms with van der Waals surface area (Å²) in [6.45, 7) is 2.68. The first-order valence-electron chi connectivity index (χ1n) is 9.18. The standard InChI is InChI=1S/C22H21ClN2O3S/c1-2-28-22(27)20-17(16-10-6-7-11-18(16)23)14-29-21(20)25-19(26)13-24-12-15-8-4-3-5-9-15/h3-11,14,24H,2,12-13H2,1H3,(H,25,26). The van der Waals surface area contributed by atoms with E-state index in [1.807, 2.05) is 48.5 Å². The number of rotatable bonds is 8. The maximum absolute atomic E-state index is 12.6. The molecule has 0 bridgehead atoms. The van der Waals surface area contributed by atoms with Gasteiger partial charge in [-0.2, -0.15) is 0 Å². The Kier molecular flexibility index (Phi) is 7.41. The number of carbonyl (C=O) groups excluding carboxylic acids is 2. The molecule has 0 fully saturated rings. The van der Waals surface area contributed by atoms with Crippen molar-refractivity contribution in [1.29, 1.82) is 0 Å². The van der Waals surface area contributed by atoms with E-state index < -0.39 is 5.97 Å². The summed E-state index contributed by atoms with van der Waals surface area (Å²) in [4.78, 5) is 25.0. The van der Waals surface area contributed by atoms with Crippen LogP contribution in [0.5, 0.6) is 0 Å². The first-order valence-corrected chi connectivity index (χ1v) is 10.4. The molecule has 1 heterocycles. The van der Waals surface area contributed by atoms with Gasteiger partial charge in [-0.05, 0) is 18.6 Å². The van der Waals surface area contributed by atoms with Crippen molar-refractivity contribution in [3.8, 4) is 11.1 Å². The van der Waals surface area contributed by atoms with Gasteiger partial charge >= 0.3 is 5.97 Å². The van der Waals surface area contributed by atoms with Crippen LogP contribution in [-0.2, 0) is 16.1 Å². The molecule has 29 heavy (non-hydrogen) atoms. The average molecular weight is 429 g/mol. The molecule has 1 amide bonds. The van der Waals surface area contributed by atoms with Crippen LogP contribution in [0.3, 0.4) is 0 Å². The summed E-state index contributed by atoms with van der Waals surface area (Å²) in [5.41, 5.74) is 2.77. The Bertz CT molecular complexity index is 989. The molecule has 7 heteroatoms. The summed E-state index contributed by atoms with van der Waals surface area (Å²) in [5, 5.41) is 8.70. The van der Waals surface area contributed by atoms with E-state index in [0.29, 0.717) is 27.7 Å². The van der Waals surface area contributed by atoms with Gasteiger partial charge in [0.2, 0.25) is 5.91 Å². The topological polar surface area (TPSA) is 67.4 Å². The fourth-order valence-corrected chi connectivity index (χ4v) is 4.02. The van der Waals surface area contributed by atoms with Crippen molar-refractivity contribution in [2.45, 2.75) is 13.5 Å². The Morgan fingerprint density at radius 2 is 1.76 bits per heavy atom. The molecular weight excluding hydrogens is 408 g/mol. The normalized spacial score (nSPS) is 10.6. The molecule has 150 valence electrons. The van der Waals surface area contributed by atoms with E-state index in [4.69, 9.17) is 16.3 Å². The number of esters is 1. The quantitative estimate of drug-likeness (QED) is 0.497. The van der Waals surface area contributed by atoms with Gasteiger partial charge in [0.05, 0.1) is 13.2 Å². The molecule has 0 aliphatic carbocycles. The second-order valence-corrected chi connectivity index (χ2v) is 7.48.